The number of thiazole rings is 1. The monoisotopic (exact) mass is 427 g/mol. The van der Waals surface area contributed by atoms with Crippen LogP contribution in [0.2, 0.25) is 0 Å². The van der Waals surface area contributed by atoms with Crippen LogP contribution >= 0.6 is 35.3 Å². The highest BCUT2D eigenvalue weighted by atomic mass is 32.2. The largest absolute Gasteiger partial charge is 0.497 e. The summed E-state index contributed by atoms with van der Waals surface area (Å²) in [5.74, 6) is 1.46. The predicted molar refractivity (Wildman–Crippen MR) is 118 cm³/mol. The highest BCUT2D eigenvalue weighted by Gasteiger charge is 2.16. The summed E-state index contributed by atoms with van der Waals surface area (Å²) in [6, 6.07) is 17.7. The minimum Gasteiger partial charge on any atom is -0.497 e. The first-order chi connectivity index (χ1) is 13.6. The third kappa shape index (κ3) is 3.50. The molecule has 0 saturated heterocycles. The maximum Gasteiger partial charge on any atom is 0.273 e. The second-order valence-corrected chi connectivity index (χ2v) is 8.68. The van der Waals surface area contributed by atoms with E-state index in [0.29, 0.717) is 19.5 Å². The number of ether oxygens (including phenoxy) is 1. The van der Waals surface area contributed by atoms with Crippen molar-refractivity contribution in [2.45, 2.75) is 10.9 Å². The first-order valence-corrected chi connectivity index (χ1v) is 10.7. The molecule has 5 nitrogen and oxygen atoms in total. The summed E-state index contributed by atoms with van der Waals surface area (Å²) in [4.78, 5) is 17.7. The Balaban J connectivity index is 1.83. The molecule has 0 unspecified atom stereocenters. The van der Waals surface area contributed by atoms with E-state index in [1.807, 2.05) is 47.0 Å². The molecule has 0 bridgehead atoms. The molecule has 4 rings (SSSR count). The van der Waals surface area contributed by atoms with Crippen LogP contribution in [0.4, 0.5) is 0 Å². The van der Waals surface area contributed by atoms with Gasteiger partial charge in [0.1, 0.15) is 10.4 Å². The minimum atomic E-state index is -0.0849. The standard InChI is InChI=1S/C20H17N3O2S3/c1-22-18(24)16-17(21-19(22)27-12-13-7-4-3-5-8-13)23(20(26)28-16)14-9-6-10-15(11-14)25-2/h3-11H,12H2,1-2H3. The molecule has 0 aliphatic rings. The summed E-state index contributed by atoms with van der Waals surface area (Å²) >= 11 is 8.36. The van der Waals surface area contributed by atoms with Gasteiger partial charge in [0.15, 0.2) is 14.8 Å². The smallest absolute Gasteiger partial charge is 0.273 e. The highest BCUT2D eigenvalue weighted by Crippen LogP contribution is 2.28. The van der Waals surface area contributed by atoms with E-state index in [1.165, 1.54) is 28.7 Å². The first kappa shape index (κ1) is 18.9. The number of benzene rings is 2. The van der Waals surface area contributed by atoms with Crippen molar-refractivity contribution in [3.63, 3.8) is 0 Å². The van der Waals surface area contributed by atoms with Crippen LogP contribution in [0.25, 0.3) is 16.0 Å². The third-order valence-corrected chi connectivity index (χ3v) is 6.75. The van der Waals surface area contributed by atoms with E-state index in [2.05, 4.69) is 12.1 Å². The van der Waals surface area contributed by atoms with Gasteiger partial charge >= 0.3 is 0 Å². The molecule has 0 atom stereocenters. The normalized spacial score (nSPS) is 11.1. The Bertz CT molecular complexity index is 1260. The number of rotatable bonds is 5. The molecule has 0 aliphatic heterocycles. The van der Waals surface area contributed by atoms with Gasteiger partial charge < -0.3 is 4.74 Å². The van der Waals surface area contributed by atoms with Gasteiger partial charge in [0.05, 0.1) is 12.8 Å². The Hall–Kier alpha value is -2.42. The average molecular weight is 428 g/mol. The number of hydrogen-bond acceptors (Lipinski definition) is 6. The number of aromatic nitrogens is 3. The molecular formula is C20H17N3O2S3. The molecule has 0 fully saturated rings. The summed E-state index contributed by atoms with van der Waals surface area (Å²) in [6.45, 7) is 0. The SMILES string of the molecule is COc1cccc(-n2c(=S)sc3c(=O)n(C)c(SCc4ccccc4)nc32)c1. The van der Waals surface area contributed by atoms with Crippen LogP contribution in [0.15, 0.2) is 64.5 Å². The lowest BCUT2D eigenvalue weighted by Gasteiger charge is -2.10. The van der Waals surface area contributed by atoms with E-state index in [0.717, 1.165) is 17.2 Å². The Morgan fingerprint density at radius 3 is 2.71 bits per heavy atom. The lowest BCUT2D eigenvalue weighted by atomic mass is 10.2. The molecule has 2 aromatic heterocycles. The lowest BCUT2D eigenvalue weighted by molar-refractivity contribution is 0.414. The molecular weight excluding hydrogens is 410 g/mol. The highest BCUT2D eigenvalue weighted by molar-refractivity contribution is 7.98. The molecule has 28 heavy (non-hydrogen) atoms. The predicted octanol–water partition coefficient (Wildman–Crippen LogP) is 4.82. The number of nitrogens with zero attached hydrogens (tertiary/aromatic N) is 3. The van der Waals surface area contributed by atoms with Gasteiger partial charge in [-0.1, -0.05) is 59.5 Å². The van der Waals surface area contributed by atoms with Gasteiger partial charge in [0.25, 0.3) is 5.56 Å². The van der Waals surface area contributed by atoms with Gasteiger partial charge in [-0.25, -0.2) is 4.98 Å². The van der Waals surface area contributed by atoms with Crippen molar-refractivity contribution in [3.8, 4) is 11.4 Å². The fourth-order valence-corrected chi connectivity index (χ4v) is 5.11. The molecule has 0 aliphatic carbocycles. The maximum absolute atomic E-state index is 12.9. The van der Waals surface area contributed by atoms with Gasteiger partial charge in [-0.15, -0.1) is 0 Å². The zero-order valence-corrected chi connectivity index (χ0v) is 17.7. The second kappa shape index (κ2) is 7.90. The minimum absolute atomic E-state index is 0.0849. The molecule has 0 radical (unpaired) electrons. The zero-order chi connectivity index (χ0) is 19.7. The van der Waals surface area contributed by atoms with Gasteiger partial charge in [0, 0.05) is 18.9 Å². The molecule has 0 N–H and O–H groups in total. The van der Waals surface area contributed by atoms with Crippen molar-refractivity contribution in [1.82, 2.24) is 14.1 Å². The molecule has 2 heterocycles. The summed E-state index contributed by atoms with van der Waals surface area (Å²) in [6.07, 6.45) is 0. The van der Waals surface area contributed by atoms with Crippen LogP contribution in [0.1, 0.15) is 5.56 Å². The van der Waals surface area contributed by atoms with Crippen molar-refractivity contribution < 1.29 is 4.74 Å². The number of methoxy groups -OCH3 is 1. The summed E-state index contributed by atoms with van der Waals surface area (Å²) in [5.41, 5.74) is 2.51. The fraction of sp³-hybridized carbons (Fsp3) is 0.150. The Morgan fingerprint density at radius 1 is 1.18 bits per heavy atom. The van der Waals surface area contributed by atoms with Crippen LogP contribution < -0.4 is 10.3 Å². The van der Waals surface area contributed by atoms with Crippen LogP contribution in [-0.4, -0.2) is 21.2 Å². The Morgan fingerprint density at radius 2 is 1.96 bits per heavy atom. The number of hydrogen-bond donors (Lipinski definition) is 0. The zero-order valence-electron chi connectivity index (χ0n) is 15.3. The Labute approximate surface area is 175 Å². The van der Waals surface area contributed by atoms with E-state index in [9.17, 15) is 4.79 Å². The van der Waals surface area contributed by atoms with E-state index in [1.54, 1.807) is 18.7 Å². The van der Waals surface area contributed by atoms with Crippen molar-refractivity contribution >= 4 is 45.7 Å². The maximum atomic E-state index is 12.9. The topological polar surface area (TPSA) is 49.0 Å². The second-order valence-electron chi connectivity index (χ2n) is 6.09. The molecule has 8 heteroatoms. The van der Waals surface area contributed by atoms with Crippen molar-refractivity contribution in [2.75, 3.05) is 7.11 Å². The number of thioether (sulfide) groups is 1. The quantitative estimate of drug-likeness (QED) is 0.260. The van der Waals surface area contributed by atoms with Crippen molar-refractivity contribution in [1.29, 1.82) is 0 Å². The van der Waals surface area contributed by atoms with E-state index < -0.39 is 0 Å². The third-order valence-electron chi connectivity index (χ3n) is 4.30. The van der Waals surface area contributed by atoms with Gasteiger partial charge in [0.2, 0.25) is 0 Å². The van der Waals surface area contributed by atoms with Crippen molar-refractivity contribution in [2.24, 2.45) is 7.05 Å². The van der Waals surface area contributed by atoms with Gasteiger partial charge in [-0.05, 0) is 29.9 Å². The average Bonchev–Trinajstić information content (AvgIpc) is 3.06. The van der Waals surface area contributed by atoms with E-state index in [-0.39, 0.29) is 5.56 Å². The van der Waals surface area contributed by atoms with Crippen LogP contribution in [-0.2, 0) is 12.8 Å². The molecule has 142 valence electrons. The number of fused-ring (bicyclic) bond motifs is 1. The molecule has 0 amide bonds. The summed E-state index contributed by atoms with van der Waals surface area (Å²) < 4.78 is 9.89. The van der Waals surface area contributed by atoms with Crippen LogP contribution in [0.5, 0.6) is 5.75 Å². The Kier molecular flexibility index (Phi) is 5.34. The lowest BCUT2D eigenvalue weighted by Crippen LogP contribution is -2.19. The van der Waals surface area contributed by atoms with Crippen LogP contribution in [0, 0.1) is 3.95 Å². The summed E-state index contributed by atoms with van der Waals surface area (Å²) in [7, 11) is 3.37. The van der Waals surface area contributed by atoms with Crippen LogP contribution in [0.3, 0.4) is 0 Å². The van der Waals surface area contributed by atoms with E-state index in [4.69, 9.17) is 21.9 Å². The van der Waals surface area contributed by atoms with Crippen molar-refractivity contribution in [3.05, 3.63) is 74.5 Å². The molecule has 2 aromatic carbocycles. The molecule has 0 spiro atoms. The van der Waals surface area contributed by atoms with E-state index >= 15 is 0 Å². The van der Waals surface area contributed by atoms with Gasteiger partial charge in [-0.3, -0.25) is 13.9 Å². The molecule has 4 aromatic rings. The van der Waals surface area contributed by atoms with Gasteiger partial charge in [-0.2, -0.15) is 0 Å². The fourth-order valence-electron chi connectivity index (χ4n) is 2.84. The molecule has 0 saturated carbocycles. The first-order valence-electron chi connectivity index (χ1n) is 8.52. The summed E-state index contributed by atoms with van der Waals surface area (Å²) in [5, 5.41) is 0.658.